The van der Waals surface area contributed by atoms with Crippen molar-refractivity contribution in [2.45, 2.75) is 13.8 Å². The van der Waals surface area contributed by atoms with Gasteiger partial charge in [0.05, 0.1) is 5.69 Å². The number of phenols is 1. The Balaban J connectivity index is 2.36. The number of aromatic hydroxyl groups is 1. The quantitative estimate of drug-likeness (QED) is 0.775. The molecule has 0 bridgehead atoms. The zero-order chi connectivity index (χ0) is 12.3. The van der Waals surface area contributed by atoms with Crippen LogP contribution in [-0.4, -0.2) is 11.3 Å². The molecule has 0 radical (unpaired) electrons. The molecule has 0 saturated carbocycles. The second-order valence-electron chi connectivity index (χ2n) is 4.06. The molecular weight excluding hydrogens is 210 g/mol. The number of para-hydroxylation sites is 2. The van der Waals surface area contributed by atoms with E-state index in [4.69, 9.17) is 0 Å². The van der Waals surface area contributed by atoms with Crippen LogP contribution in [0, 0.1) is 13.8 Å². The minimum atomic E-state index is 0.252. The second kappa shape index (κ2) is 4.83. The van der Waals surface area contributed by atoms with Gasteiger partial charge in [-0.25, -0.2) is 0 Å². The van der Waals surface area contributed by atoms with Gasteiger partial charge in [-0.05, 0) is 37.1 Å². The van der Waals surface area contributed by atoms with E-state index in [1.165, 1.54) is 0 Å². The molecule has 2 nitrogen and oxygen atoms in total. The largest absolute Gasteiger partial charge is 0.507 e. The predicted molar refractivity (Wildman–Crippen MR) is 71.3 cm³/mol. The minimum absolute atomic E-state index is 0.252. The molecule has 86 valence electrons. The van der Waals surface area contributed by atoms with Crippen molar-refractivity contribution in [1.29, 1.82) is 0 Å². The summed E-state index contributed by atoms with van der Waals surface area (Å²) in [6.07, 6.45) is 1.70. The molecule has 0 atom stereocenters. The molecule has 0 unspecified atom stereocenters. The summed E-state index contributed by atoms with van der Waals surface area (Å²) < 4.78 is 0. The van der Waals surface area contributed by atoms with Gasteiger partial charge in [0.25, 0.3) is 0 Å². The molecule has 0 amide bonds. The zero-order valence-electron chi connectivity index (χ0n) is 10.0. The highest BCUT2D eigenvalue weighted by molar-refractivity contribution is 5.85. The van der Waals surface area contributed by atoms with Crippen molar-refractivity contribution in [3.63, 3.8) is 0 Å². The number of hydrogen-bond donors (Lipinski definition) is 1. The smallest absolute Gasteiger partial charge is 0.124 e. The first kappa shape index (κ1) is 11.4. The van der Waals surface area contributed by atoms with E-state index < -0.39 is 0 Å². The van der Waals surface area contributed by atoms with Crippen LogP contribution in [-0.2, 0) is 0 Å². The fourth-order valence-corrected chi connectivity index (χ4v) is 1.74. The van der Waals surface area contributed by atoms with Gasteiger partial charge >= 0.3 is 0 Å². The first-order chi connectivity index (χ1) is 8.18. The van der Waals surface area contributed by atoms with Gasteiger partial charge in [-0.3, -0.25) is 4.99 Å². The molecule has 0 spiro atoms. The van der Waals surface area contributed by atoms with Crippen LogP contribution in [0.4, 0.5) is 5.69 Å². The van der Waals surface area contributed by atoms with Crippen LogP contribution in [0.5, 0.6) is 5.75 Å². The van der Waals surface area contributed by atoms with E-state index in [1.807, 2.05) is 44.2 Å². The summed E-state index contributed by atoms with van der Waals surface area (Å²) in [6, 6.07) is 13.3. The van der Waals surface area contributed by atoms with Crippen molar-refractivity contribution in [2.24, 2.45) is 4.99 Å². The molecule has 1 N–H and O–H groups in total. The number of aliphatic imine (C=N–C) groups is 1. The molecule has 0 heterocycles. The molecule has 0 aromatic heterocycles. The standard InChI is InChI=1S/C15H15NO/c1-11-6-5-7-12(2)15(11)16-10-13-8-3-4-9-14(13)17/h3-10,17H,1-2H3. The number of aryl methyl sites for hydroxylation is 2. The van der Waals surface area contributed by atoms with Gasteiger partial charge in [0.2, 0.25) is 0 Å². The van der Waals surface area contributed by atoms with Crippen LogP contribution >= 0.6 is 0 Å². The number of rotatable bonds is 2. The van der Waals surface area contributed by atoms with E-state index >= 15 is 0 Å². The summed E-state index contributed by atoms with van der Waals surface area (Å²) >= 11 is 0. The Hall–Kier alpha value is -2.09. The predicted octanol–water partition coefficient (Wildman–Crippen LogP) is 3.76. The van der Waals surface area contributed by atoms with Crippen LogP contribution < -0.4 is 0 Å². The highest BCUT2D eigenvalue weighted by Gasteiger charge is 2.00. The maximum atomic E-state index is 9.64. The van der Waals surface area contributed by atoms with E-state index in [0.29, 0.717) is 0 Å². The molecule has 0 aliphatic rings. The number of phenolic OH excluding ortho intramolecular Hbond substituents is 1. The normalized spacial score (nSPS) is 10.9. The van der Waals surface area contributed by atoms with Crippen molar-refractivity contribution < 1.29 is 5.11 Å². The van der Waals surface area contributed by atoms with Crippen LogP contribution in [0.25, 0.3) is 0 Å². The molecular formula is C15H15NO. The Kier molecular flexibility index (Phi) is 3.24. The Labute approximate surface area is 101 Å². The monoisotopic (exact) mass is 225 g/mol. The first-order valence-electron chi connectivity index (χ1n) is 5.57. The fraction of sp³-hybridized carbons (Fsp3) is 0.133. The van der Waals surface area contributed by atoms with Gasteiger partial charge in [0, 0.05) is 11.8 Å². The third-order valence-electron chi connectivity index (χ3n) is 2.71. The highest BCUT2D eigenvalue weighted by atomic mass is 16.3. The molecule has 2 heteroatoms. The van der Waals surface area contributed by atoms with Crippen molar-refractivity contribution in [2.75, 3.05) is 0 Å². The minimum Gasteiger partial charge on any atom is -0.507 e. The molecule has 2 aromatic carbocycles. The van der Waals surface area contributed by atoms with Gasteiger partial charge in [0.1, 0.15) is 5.75 Å². The van der Waals surface area contributed by atoms with E-state index in [9.17, 15) is 5.11 Å². The van der Waals surface area contributed by atoms with Gasteiger partial charge in [-0.1, -0.05) is 30.3 Å². The number of hydrogen-bond acceptors (Lipinski definition) is 2. The summed E-state index contributed by atoms with van der Waals surface area (Å²) in [5.74, 6) is 0.252. The second-order valence-corrected chi connectivity index (χ2v) is 4.06. The Morgan fingerprint density at radius 3 is 2.24 bits per heavy atom. The average Bonchev–Trinajstić information content (AvgIpc) is 2.30. The molecule has 0 aliphatic carbocycles. The molecule has 0 fully saturated rings. The van der Waals surface area contributed by atoms with Gasteiger partial charge in [-0.2, -0.15) is 0 Å². The third kappa shape index (κ3) is 2.53. The lowest BCUT2D eigenvalue weighted by atomic mass is 10.1. The third-order valence-corrected chi connectivity index (χ3v) is 2.71. The van der Waals surface area contributed by atoms with Crippen molar-refractivity contribution in [3.8, 4) is 5.75 Å². The summed E-state index contributed by atoms with van der Waals surface area (Å²) in [5, 5.41) is 9.64. The van der Waals surface area contributed by atoms with Crippen molar-refractivity contribution >= 4 is 11.9 Å². The average molecular weight is 225 g/mol. The highest BCUT2D eigenvalue weighted by Crippen LogP contribution is 2.23. The van der Waals surface area contributed by atoms with Crippen molar-refractivity contribution in [1.82, 2.24) is 0 Å². The van der Waals surface area contributed by atoms with Gasteiger partial charge < -0.3 is 5.11 Å². The van der Waals surface area contributed by atoms with Gasteiger partial charge in [0.15, 0.2) is 0 Å². The SMILES string of the molecule is Cc1cccc(C)c1N=Cc1ccccc1O. The topological polar surface area (TPSA) is 32.6 Å². The van der Waals surface area contributed by atoms with Crippen LogP contribution in [0.15, 0.2) is 47.5 Å². The van der Waals surface area contributed by atoms with Crippen molar-refractivity contribution in [3.05, 3.63) is 59.2 Å². The Morgan fingerprint density at radius 1 is 0.941 bits per heavy atom. The summed E-state index contributed by atoms with van der Waals surface area (Å²) in [7, 11) is 0. The summed E-state index contributed by atoms with van der Waals surface area (Å²) in [5.41, 5.74) is 3.97. The first-order valence-corrected chi connectivity index (χ1v) is 5.57. The lowest BCUT2D eigenvalue weighted by Crippen LogP contribution is -1.84. The number of nitrogens with zero attached hydrogens (tertiary/aromatic N) is 1. The summed E-state index contributed by atoms with van der Waals surface area (Å²) in [6.45, 7) is 4.06. The number of benzene rings is 2. The van der Waals surface area contributed by atoms with Gasteiger partial charge in [-0.15, -0.1) is 0 Å². The Morgan fingerprint density at radius 2 is 1.59 bits per heavy atom. The molecule has 17 heavy (non-hydrogen) atoms. The fourth-order valence-electron chi connectivity index (χ4n) is 1.74. The Bertz CT molecular complexity index is 538. The molecule has 2 rings (SSSR count). The molecule has 0 saturated heterocycles. The maximum absolute atomic E-state index is 9.64. The lowest BCUT2D eigenvalue weighted by molar-refractivity contribution is 0.474. The molecule has 0 aliphatic heterocycles. The van der Waals surface area contributed by atoms with Crippen LogP contribution in [0.2, 0.25) is 0 Å². The van der Waals surface area contributed by atoms with Crippen LogP contribution in [0.3, 0.4) is 0 Å². The molecule has 2 aromatic rings. The maximum Gasteiger partial charge on any atom is 0.124 e. The zero-order valence-corrected chi connectivity index (χ0v) is 10.0. The summed E-state index contributed by atoms with van der Waals surface area (Å²) in [4.78, 5) is 4.45. The van der Waals surface area contributed by atoms with E-state index in [0.717, 1.165) is 22.4 Å². The van der Waals surface area contributed by atoms with Crippen LogP contribution in [0.1, 0.15) is 16.7 Å². The van der Waals surface area contributed by atoms with E-state index in [-0.39, 0.29) is 5.75 Å². The van der Waals surface area contributed by atoms with E-state index in [2.05, 4.69) is 4.99 Å². The lowest BCUT2D eigenvalue weighted by Gasteiger charge is -2.03. The van der Waals surface area contributed by atoms with E-state index in [1.54, 1.807) is 18.3 Å².